The van der Waals surface area contributed by atoms with Gasteiger partial charge in [0.1, 0.15) is 12.1 Å². The molecule has 1 aliphatic rings. The minimum atomic E-state index is -0.438. The Kier molecular flexibility index (Phi) is 6.21. The molecule has 94 valence electrons. The van der Waals surface area contributed by atoms with E-state index in [0.29, 0.717) is 6.42 Å². The second-order valence-electron chi connectivity index (χ2n) is 4.71. The van der Waals surface area contributed by atoms with Crippen LogP contribution in [-0.4, -0.2) is 30.1 Å². The Balaban J connectivity index is 2.22. The molecule has 0 unspecified atom stereocenters. The summed E-state index contributed by atoms with van der Waals surface area (Å²) in [6.07, 6.45) is 7.17. The Morgan fingerprint density at radius 3 is 2.62 bits per heavy atom. The first-order chi connectivity index (χ1) is 7.63. The van der Waals surface area contributed by atoms with E-state index in [-0.39, 0.29) is 12.1 Å². The first-order valence-electron chi connectivity index (χ1n) is 6.08. The second-order valence-corrected chi connectivity index (χ2v) is 5.69. The van der Waals surface area contributed by atoms with Gasteiger partial charge in [-0.05, 0) is 50.0 Å². The topological polar surface area (TPSA) is 52.3 Å². The molecular formula is C12H23NO2S. The van der Waals surface area contributed by atoms with Crippen molar-refractivity contribution in [1.29, 1.82) is 0 Å². The molecule has 16 heavy (non-hydrogen) atoms. The third-order valence-corrected chi connectivity index (χ3v) is 3.83. The zero-order valence-electron chi connectivity index (χ0n) is 10.3. The highest BCUT2D eigenvalue weighted by molar-refractivity contribution is 7.98. The van der Waals surface area contributed by atoms with Crippen molar-refractivity contribution in [3.63, 3.8) is 0 Å². The van der Waals surface area contributed by atoms with E-state index in [9.17, 15) is 4.79 Å². The number of carbonyl (C=O) groups is 1. The van der Waals surface area contributed by atoms with E-state index in [1.165, 1.54) is 0 Å². The largest absolute Gasteiger partial charge is 0.461 e. The summed E-state index contributed by atoms with van der Waals surface area (Å²) in [4.78, 5) is 11.6. The molecule has 1 aliphatic carbocycles. The van der Waals surface area contributed by atoms with Gasteiger partial charge in [-0.1, -0.05) is 6.92 Å². The van der Waals surface area contributed by atoms with Crippen molar-refractivity contribution in [2.24, 2.45) is 11.7 Å². The van der Waals surface area contributed by atoms with Gasteiger partial charge < -0.3 is 10.5 Å². The zero-order chi connectivity index (χ0) is 12.0. The highest BCUT2D eigenvalue weighted by Gasteiger charge is 2.23. The maximum Gasteiger partial charge on any atom is 0.323 e. The summed E-state index contributed by atoms with van der Waals surface area (Å²) in [5.41, 5.74) is 5.76. The summed E-state index contributed by atoms with van der Waals surface area (Å²) >= 11 is 1.71. The van der Waals surface area contributed by atoms with Crippen LogP contribution < -0.4 is 5.73 Å². The summed E-state index contributed by atoms with van der Waals surface area (Å²) in [5, 5.41) is 0. The molecule has 0 amide bonds. The average molecular weight is 245 g/mol. The Hall–Kier alpha value is -0.220. The Morgan fingerprint density at radius 1 is 1.44 bits per heavy atom. The molecule has 0 aliphatic heterocycles. The van der Waals surface area contributed by atoms with E-state index in [4.69, 9.17) is 10.5 Å². The van der Waals surface area contributed by atoms with E-state index in [2.05, 4.69) is 6.92 Å². The molecule has 0 aromatic carbocycles. The Bertz CT molecular complexity index is 215. The van der Waals surface area contributed by atoms with Crippen LogP contribution in [-0.2, 0) is 9.53 Å². The second kappa shape index (κ2) is 7.17. The fourth-order valence-electron chi connectivity index (χ4n) is 1.96. The predicted octanol–water partition coefficient (Wildman–Crippen LogP) is 2.19. The number of rotatable bonds is 5. The highest BCUT2D eigenvalue weighted by Crippen LogP contribution is 2.25. The standard InChI is InChI=1S/C12H23NO2S/c1-9-3-5-10(6-4-9)15-12(14)11(13)7-8-16-2/h9-11H,3-8,13H2,1-2H3/t9?,10?,11-/m0/s1. The molecule has 0 aromatic heterocycles. The molecule has 4 heteroatoms. The van der Waals surface area contributed by atoms with Crippen molar-refractivity contribution < 1.29 is 9.53 Å². The van der Waals surface area contributed by atoms with Gasteiger partial charge in [0.05, 0.1) is 0 Å². The number of carbonyl (C=O) groups excluding carboxylic acids is 1. The number of esters is 1. The van der Waals surface area contributed by atoms with Crippen molar-refractivity contribution in [3.05, 3.63) is 0 Å². The normalized spacial score (nSPS) is 27.4. The number of hydrogen-bond acceptors (Lipinski definition) is 4. The van der Waals surface area contributed by atoms with Gasteiger partial charge in [0.2, 0.25) is 0 Å². The van der Waals surface area contributed by atoms with Crippen LogP contribution >= 0.6 is 11.8 Å². The molecule has 1 fully saturated rings. The van der Waals surface area contributed by atoms with E-state index in [1.54, 1.807) is 11.8 Å². The van der Waals surface area contributed by atoms with E-state index in [1.807, 2.05) is 6.26 Å². The van der Waals surface area contributed by atoms with Crippen LogP contribution in [0.2, 0.25) is 0 Å². The van der Waals surface area contributed by atoms with Crippen LogP contribution in [0.1, 0.15) is 39.0 Å². The van der Waals surface area contributed by atoms with E-state index in [0.717, 1.165) is 37.4 Å². The molecule has 1 saturated carbocycles. The smallest absolute Gasteiger partial charge is 0.323 e. The lowest BCUT2D eigenvalue weighted by atomic mass is 9.89. The van der Waals surface area contributed by atoms with Gasteiger partial charge in [0.15, 0.2) is 0 Å². The summed E-state index contributed by atoms with van der Waals surface area (Å²) in [7, 11) is 0. The van der Waals surface area contributed by atoms with Gasteiger partial charge in [-0.15, -0.1) is 0 Å². The number of hydrogen-bond donors (Lipinski definition) is 1. The Morgan fingerprint density at radius 2 is 2.06 bits per heavy atom. The SMILES string of the molecule is CSCC[C@H](N)C(=O)OC1CCC(C)CC1. The number of thioether (sulfide) groups is 1. The molecule has 0 heterocycles. The average Bonchev–Trinajstić information content (AvgIpc) is 2.29. The van der Waals surface area contributed by atoms with Crippen LogP contribution in [0.5, 0.6) is 0 Å². The van der Waals surface area contributed by atoms with Crippen LogP contribution in [0.3, 0.4) is 0 Å². The van der Waals surface area contributed by atoms with E-state index >= 15 is 0 Å². The fraction of sp³-hybridized carbons (Fsp3) is 0.917. The molecule has 1 rings (SSSR count). The lowest BCUT2D eigenvalue weighted by Gasteiger charge is -2.26. The summed E-state index contributed by atoms with van der Waals surface area (Å²) in [5.74, 6) is 1.48. The van der Waals surface area contributed by atoms with Crippen molar-refractivity contribution in [1.82, 2.24) is 0 Å². The Labute approximate surface area is 102 Å². The highest BCUT2D eigenvalue weighted by atomic mass is 32.2. The van der Waals surface area contributed by atoms with Crippen molar-refractivity contribution >= 4 is 17.7 Å². The molecule has 0 saturated heterocycles. The van der Waals surface area contributed by atoms with Gasteiger partial charge in [0.25, 0.3) is 0 Å². The van der Waals surface area contributed by atoms with Crippen LogP contribution in [0, 0.1) is 5.92 Å². The molecule has 0 aromatic rings. The molecule has 2 N–H and O–H groups in total. The lowest BCUT2D eigenvalue weighted by molar-refractivity contribution is -0.152. The minimum absolute atomic E-state index is 0.115. The molecule has 1 atom stereocenters. The van der Waals surface area contributed by atoms with Crippen molar-refractivity contribution in [3.8, 4) is 0 Å². The monoisotopic (exact) mass is 245 g/mol. The van der Waals surface area contributed by atoms with Crippen LogP contribution in [0.15, 0.2) is 0 Å². The van der Waals surface area contributed by atoms with Crippen LogP contribution in [0.25, 0.3) is 0 Å². The first kappa shape index (κ1) is 13.8. The summed E-state index contributed by atoms with van der Waals surface area (Å²) < 4.78 is 5.43. The zero-order valence-corrected chi connectivity index (χ0v) is 11.1. The molecule has 0 bridgehead atoms. The van der Waals surface area contributed by atoms with Crippen LogP contribution in [0.4, 0.5) is 0 Å². The third-order valence-electron chi connectivity index (χ3n) is 3.18. The lowest BCUT2D eigenvalue weighted by Crippen LogP contribution is -2.36. The number of nitrogens with two attached hydrogens (primary N) is 1. The summed E-state index contributed by atoms with van der Waals surface area (Å²) in [6.45, 7) is 2.25. The first-order valence-corrected chi connectivity index (χ1v) is 7.48. The van der Waals surface area contributed by atoms with Gasteiger partial charge in [-0.25, -0.2) is 0 Å². The maximum atomic E-state index is 11.6. The molecule has 0 spiro atoms. The van der Waals surface area contributed by atoms with Gasteiger partial charge in [-0.2, -0.15) is 11.8 Å². The number of ether oxygens (including phenoxy) is 1. The van der Waals surface area contributed by atoms with Crippen molar-refractivity contribution in [2.75, 3.05) is 12.0 Å². The van der Waals surface area contributed by atoms with Gasteiger partial charge in [-0.3, -0.25) is 4.79 Å². The molecular weight excluding hydrogens is 222 g/mol. The molecule has 0 radical (unpaired) electrons. The third kappa shape index (κ3) is 4.74. The fourth-order valence-corrected chi connectivity index (χ4v) is 2.45. The maximum absolute atomic E-state index is 11.6. The molecule has 3 nitrogen and oxygen atoms in total. The summed E-state index contributed by atoms with van der Waals surface area (Å²) in [6, 6.07) is -0.438. The van der Waals surface area contributed by atoms with Gasteiger partial charge >= 0.3 is 5.97 Å². The van der Waals surface area contributed by atoms with Gasteiger partial charge in [0, 0.05) is 0 Å². The van der Waals surface area contributed by atoms with Crippen molar-refractivity contribution in [2.45, 2.75) is 51.2 Å². The minimum Gasteiger partial charge on any atom is -0.461 e. The quantitative estimate of drug-likeness (QED) is 0.754. The van der Waals surface area contributed by atoms with E-state index < -0.39 is 6.04 Å². The predicted molar refractivity (Wildman–Crippen MR) is 68.5 cm³/mol.